The number of aromatic nitrogens is 1. The van der Waals surface area contributed by atoms with Crippen molar-refractivity contribution in [2.24, 2.45) is 5.73 Å². The minimum Gasteiger partial charge on any atom is -0.489 e. The molecule has 6 N–H and O–H groups in total. The number of carboxylic acids is 1. The normalized spacial score (nSPS) is 17.3. The van der Waals surface area contributed by atoms with E-state index in [2.05, 4.69) is 10.3 Å². The molecule has 29 heavy (non-hydrogen) atoms. The molecular formula is C22H24N4O3. The standard InChI is InChI=1S/C22H24N4O3/c23-21(24)14-3-6-20-15(9-14)10-16(26-20)11-19(22(27)28)13-1-4-17(5-2-13)29-18-7-8-25-12-18/h1-6,9-10,18-19,25-26H,7-8,11-12H2,(H3,23,24)(H,27,28)/t18-,19?/m0/s1. The lowest BCUT2D eigenvalue weighted by Crippen LogP contribution is -2.19. The van der Waals surface area contributed by atoms with Gasteiger partial charge in [-0.15, -0.1) is 0 Å². The van der Waals surface area contributed by atoms with Crippen LogP contribution in [0.5, 0.6) is 5.75 Å². The van der Waals surface area contributed by atoms with Crippen LogP contribution >= 0.6 is 0 Å². The first kappa shape index (κ1) is 19.0. The van der Waals surface area contributed by atoms with Gasteiger partial charge in [-0.1, -0.05) is 12.1 Å². The van der Waals surface area contributed by atoms with Gasteiger partial charge in [0.15, 0.2) is 0 Å². The van der Waals surface area contributed by atoms with E-state index >= 15 is 0 Å². The first-order chi connectivity index (χ1) is 14.0. The molecule has 1 aromatic heterocycles. The molecule has 7 heteroatoms. The van der Waals surface area contributed by atoms with Gasteiger partial charge >= 0.3 is 5.97 Å². The van der Waals surface area contributed by atoms with Gasteiger partial charge in [0.25, 0.3) is 0 Å². The molecule has 0 aliphatic carbocycles. The second kappa shape index (κ2) is 7.97. The fourth-order valence-electron chi connectivity index (χ4n) is 3.74. The number of ether oxygens (including phenoxy) is 1. The number of aromatic amines is 1. The van der Waals surface area contributed by atoms with E-state index in [0.29, 0.717) is 12.0 Å². The zero-order chi connectivity index (χ0) is 20.4. The van der Waals surface area contributed by atoms with Crippen LogP contribution in [0.15, 0.2) is 48.5 Å². The minimum absolute atomic E-state index is 0.00811. The molecule has 1 unspecified atom stereocenters. The number of nitrogens with one attached hydrogen (secondary N) is 3. The van der Waals surface area contributed by atoms with Gasteiger partial charge in [-0.25, -0.2) is 0 Å². The Labute approximate surface area is 168 Å². The molecule has 0 saturated carbocycles. The van der Waals surface area contributed by atoms with Crippen molar-refractivity contribution >= 4 is 22.7 Å². The number of nitrogens with two attached hydrogens (primary N) is 1. The molecule has 7 nitrogen and oxygen atoms in total. The number of aliphatic carboxylic acids is 1. The maximum atomic E-state index is 11.9. The van der Waals surface area contributed by atoms with Gasteiger partial charge in [0.1, 0.15) is 17.7 Å². The van der Waals surface area contributed by atoms with E-state index in [4.69, 9.17) is 15.9 Å². The number of hydrogen-bond donors (Lipinski definition) is 5. The molecule has 0 spiro atoms. The number of H-pyrrole nitrogens is 1. The van der Waals surface area contributed by atoms with Gasteiger partial charge < -0.3 is 25.9 Å². The first-order valence-electron chi connectivity index (χ1n) is 9.66. The predicted octanol–water partition coefficient (Wildman–Crippen LogP) is 2.60. The van der Waals surface area contributed by atoms with Crippen molar-refractivity contribution in [3.63, 3.8) is 0 Å². The molecule has 0 amide bonds. The molecule has 0 bridgehead atoms. The highest BCUT2D eigenvalue weighted by molar-refractivity contribution is 5.98. The lowest BCUT2D eigenvalue weighted by molar-refractivity contribution is -0.138. The third kappa shape index (κ3) is 4.25. The van der Waals surface area contributed by atoms with Crippen LogP contribution in [0.3, 0.4) is 0 Å². The van der Waals surface area contributed by atoms with Crippen LogP contribution in [0, 0.1) is 5.41 Å². The van der Waals surface area contributed by atoms with Crippen molar-refractivity contribution in [3.8, 4) is 5.75 Å². The molecule has 150 valence electrons. The van der Waals surface area contributed by atoms with Crippen LogP contribution in [0.2, 0.25) is 0 Å². The molecule has 1 aliphatic heterocycles. The largest absolute Gasteiger partial charge is 0.489 e. The van der Waals surface area contributed by atoms with E-state index in [-0.39, 0.29) is 11.9 Å². The van der Waals surface area contributed by atoms with Crippen molar-refractivity contribution in [2.75, 3.05) is 13.1 Å². The zero-order valence-corrected chi connectivity index (χ0v) is 15.9. The minimum atomic E-state index is -0.873. The number of nitrogen functional groups attached to an aromatic ring is 1. The highest BCUT2D eigenvalue weighted by Crippen LogP contribution is 2.26. The van der Waals surface area contributed by atoms with Gasteiger partial charge in [-0.2, -0.15) is 0 Å². The quantitative estimate of drug-likeness (QED) is 0.312. The lowest BCUT2D eigenvalue weighted by atomic mass is 9.94. The van der Waals surface area contributed by atoms with Crippen LogP contribution in [0.1, 0.15) is 29.2 Å². The average Bonchev–Trinajstić information content (AvgIpc) is 3.35. The number of carbonyl (C=O) groups is 1. The van der Waals surface area contributed by atoms with Crippen LogP contribution in [-0.2, 0) is 11.2 Å². The molecular weight excluding hydrogens is 368 g/mol. The van der Waals surface area contributed by atoms with E-state index in [9.17, 15) is 9.90 Å². The Balaban J connectivity index is 1.52. The van der Waals surface area contributed by atoms with Crippen LogP contribution in [0.4, 0.5) is 0 Å². The number of rotatable bonds is 7. The van der Waals surface area contributed by atoms with Gasteiger partial charge in [0.05, 0.1) is 5.92 Å². The predicted molar refractivity (Wildman–Crippen MR) is 112 cm³/mol. The van der Waals surface area contributed by atoms with Gasteiger partial charge in [-0.05, 0) is 54.9 Å². The summed E-state index contributed by atoms with van der Waals surface area (Å²) in [6, 6.07) is 14.7. The van der Waals surface area contributed by atoms with Crippen molar-refractivity contribution in [1.29, 1.82) is 5.41 Å². The molecule has 2 atom stereocenters. The maximum absolute atomic E-state index is 11.9. The topological polar surface area (TPSA) is 124 Å². The van der Waals surface area contributed by atoms with Crippen molar-refractivity contribution < 1.29 is 14.6 Å². The van der Waals surface area contributed by atoms with Gasteiger partial charge in [0, 0.05) is 35.1 Å². The number of amidine groups is 1. The van der Waals surface area contributed by atoms with Gasteiger partial charge in [0.2, 0.25) is 0 Å². The summed E-state index contributed by atoms with van der Waals surface area (Å²) in [6.45, 7) is 1.80. The molecule has 1 aliphatic rings. The average molecular weight is 392 g/mol. The third-order valence-electron chi connectivity index (χ3n) is 5.31. The van der Waals surface area contributed by atoms with E-state index in [1.54, 1.807) is 6.07 Å². The highest BCUT2D eigenvalue weighted by atomic mass is 16.5. The van der Waals surface area contributed by atoms with Crippen LogP contribution < -0.4 is 15.8 Å². The van der Waals surface area contributed by atoms with E-state index in [0.717, 1.165) is 47.4 Å². The molecule has 0 radical (unpaired) electrons. The van der Waals surface area contributed by atoms with Crippen molar-refractivity contribution in [1.82, 2.24) is 10.3 Å². The van der Waals surface area contributed by atoms with Crippen molar-refractivity contribution in [2.45, 2.75) is 24.9 Å². The Bertz CT molecular complexity index is 1040. The molecule has 4 rings (SSSR count). The number of benzene rings is 2. The maximum Gasteiger partial charge on any atom is 0.311 e. The van der Waals surface area contributed by atoms with E-state index < -0.39 is 11.9 Å². The zero-order valence-electron chi connectivity index (χ0n) is 15.9. The molecule has 1 fully saturated rings. The summed E-state index contributed by atoms with van der Waals surface area (Å²) in [5, 5.41) is 21.5. The lowest BCUT2D eigenvalue weighted by Gasteiger charge is -2.15. The fourth-order valence-corrected chi connectivity index (χ4v) is 3.74. The highest BCUT2D eigenvalue weighted by Gasteiger charge is 2.22. The number of carboxylic acid groups (broad SMARTS) is 1. The summed E-state index contributed by atoms with van der Waals surface area (Å²) in [6.07, 6.45) is 1.49. The van der Waals surface area contributed by atoms with Crippen LogP contribution in [0.25, 0.3) is 10.9 Å². The smallest absolute Gasteiger partial charge is 0.311 e. The number of fused-ring (bicyclic) bond motifs is 1. The molecule has 2 heterocycles. The Hall–Kier alpha value is -3.32. The summed E-state index contributed by atoms with van der Waals surface area (Å²) < 4.78 is 5.92. The van der Waals surface area contributed by atoms with Gasteiger partial charge in [-0.3, -0.25) is 10.2 Å². The summed E-state index contributed by atoms with van der Waals surface area (Å²) in [7, 11) is 0. The van der Waals surface area contributed by atoms with E-state index in [1.807, 2.05) is 42.5 Å². The van der Waals surface area contributed by atoms with E-state index in [1.165, 1.54) is 0 Å². The summed E-state index contributed by atoms with van der Waals surface area (Å²) >= 11 is 0. The second-order valence-electron chi connectivity index (χ2n) is 7.41. The van der Waals surface area contributed by atoms with Crippen molar-refractivity contribution in [3.05, 3.63) is 65.4 Å². The summed E-state index contributed by atoms with van der Waals surface area (Å²) in [4.78, 5) is 15.2. The Kier molecular flexibility index (Phi) is 5.22. The molecule has 1 saturated heterocycles. The summed E-state index contributed by atoms with van der Waals surface area (Å²) in [5.41, 5.74) is 8.65. The van der Waals surface area contributed by atoms with Crippen LogP contribution in [-0.4, -0.2) is 41.1 Å². The molecule has 2 aromatic carbocycles. The second-order valence-corrected chi connectivity index (χ2v) is 7.41. The monoisotopic (exact) mass is 392 g/mol. The Morgan fingerprint density at radius 3 is 2.69 bits per heavy atom. The first-order valence-corrected chi connectivity index (χ1v) is 9.66. The third-order valence-corrected chi connectivity index (χ3v) is 5.31. The number of hydrogen-bond acceptors (Lipinski definition) is 4. The Morgan fingerprint density at radius 1 is 1.24 bits per heavy atom. The SMILES string of the molecule is N=C(N)c1ccc2[nH]c(CC(C(=O)O)c3ccc(O[C@H]4CCNC4)cc3)cc2c1. The Morgan fingerprint density at radius 2 is 2.03 bits per heavy atom. The fraction of sp³-hybridized carbons (Fsp3) is 0.273. The summed E-state index contributed by atoms with van der Waals surface area (Å²) in [5.74, 6) is -0.776. The molecule has 3 aromatic rings.